The van der Waals surface area contributed by atoms with Gasteiger partial charge in [-0.1, -0.05) is 0 Å². The fourth-order valence-corrected chi connectivity index (χ4v) is 3.63. The number of benzene rings is 1. The Hall–Kier alpha value is -3.11. The Labute approximate surface area is 172 Å². The number of furan rings is 1. The van der Waals surface area contributed by atoms with E-state index in [0.717, 1.165) is 11.5 Å². The summed E-state index contributed by atoms with van der Waals surface area (Å²) in [6.07, 6.45) is 0. The Morgan fingerprint density at radius 1 is 1.17 bits per heavy atom. The van der Waals surface area contributed by atoms with Crippen LogP contribution in [0.2, 0.25) is 0 Å². The zero-order chi connectivity index (χ0) is 21.1. The summed E-state index contributed by atoms with van der Waals surface area (Å²) in [7, 11) is 0. The predicted octanol–water partition coefficient (Wildman–Crippen LogP) is 2.07. The maximum absolute atomic E-state index is 12.9. The quantitative estimate of drug-likeness (QED) is 0.561. The molecule has 1 aromatic carbocycles. The second kappa shape index (κ2) is 8.72. The van der Waals surface area contributed by atoms with Crippen molar-refractivity contribution in [1.29, 1.82) is 0 Å². The fraction of sp³-hybridized carbons (Fsp3) is 0.450. The maximum atomic E-state index is 12.9. The van der Waals surface area contributed by atoms with Gasteiger partial charge in [-0.3, -0.25) is 19.8 Å². The Bertz CT molecular complexity index is 936. The smallest absolute Gasteiger partial charge is 0.286 e. The number of hydrogen-bond acceptors (Lipinski definition) is 8. The van der Waals surface area contributed by atoms with Crippen molar-refractivity contribution in [2.24, 2.45) is 0 Å². The summed E-state index contributed by atoms with van der Waals surface area (Å²) in [5, 5.41) is 14.3. The van der Waals surface area contributed by atoms with Crippen LogP contribution < -0.4 is 14.8 Å². The third-order valence-electron chi connectivity index (χ3n) is 5.13. The predicted molar refractivity (Wildman–Crippen MR) is 105 cm³/mol. The molecule has 160 valence electrons. The molecule has 4 rings (SSSR count). The highest BCUT2D eigenvalue weighted by atomic mass is 16.6. The van der Waals surface area contributed by atoms with Crippen molar-refractivity contribution in [1.82, 2.24) is 10.2 Å². The molecule has 1 aromatic heterocycles. The lowest BCUT2D eigenvalue weighted by atomic mass is 10.1. The van der Waals surface area contributed by atoms with Gasteiger partial charge in [0.25, 0.3) is 11.6 Å². The standard InChI is InChI=1S/C20H23N3O7/c1-13-2-3-17(30-13)16(22-4-6-27-7-5-22)12-21-20(24)14-10-18-19(29-9-8-28-18)11-15(14)23(25)26/h2-3,10-11,16H,4-9,12H2,1H3,(H,21,24). The van der Waals surface area contributed by atoms with Crippen molar-refractivity contribution in [3.8, 4) is 11.5 Å². The summed E-state index contributed by atoms with van der Waals surface area (Å²) < 4.78 is 22.1. The zero-order valence-corrected chi connectivity index (χ0v) is 16.6. The third-order valence-corrected chi connectivity index (χ3v) is 5.13. The highest BCUT2D eigenvalue weighted by Crippen LogP contribution is 2.36. The number of ether oxygens (including phenoxy) is 3. The van der Waals surface area contributed by atoms with Crippen LogP contribution in [0, 0.1) is 17.0 Å². The number of hydrogen-bond donors (Lipinski definition) is 1. The zero-order valence-electron chi connectivity index (χ0n) is 16.6. The second-order valence-electron chi connectivity index (χ2n) is 7.09. The molecule has 2 aromatic rings. The number of morpholine rings is 1. The number of rotatable bonds is 6. The van der Waals surface area contributed by atoms with E-state index in [1.807, 2.05) is 19.1 Å². The van der Waals surface area contributed by atoms with Gasteiger partial charge in [0.1, 0.15) is 30.3 Å². The van der Waals surface area contributed by atoms with Crippen LogP contribution in [-0.4, -0.2) is 61.8 Å². The second-order valence-corrected chi connectivity index (χ2v) is 7.09. The third kappa shape index (κ3) is 4.24. The van der Waals surface area contributed by atoms with Crippen molar-refractivity contribution < 1.29 is 28.3 Å². The van der Waals surface area contributed by atoms with Crippen LogP contribution >= 0.6 is 0 Å². The van der Waals surface area contributed by atoms with E-state index >= 15 is 0 Å². The van der Waals surface area contributed by atoms with E-state index in [1.54, 1.807) is 0 Å². The van der Waals surface area contributed by atoms with Gasteiger partial charge in [0.2, 0.25) is 0 Å². The average Bonchev–Trinajstić information content (AvgIpc) is 3.19. The summed E-state index contributed by atoms with van der Waals surface area (Å²) in [6.45, 7) is 5.31. The minimum Gasteiger partial charge on any atom is -0.486 e. The van der Waals surface area contributed by atoms with Gasteiger partial charge in [-0.25, -0.2) is 0 Å². The monoisotopic (exact) mass is 417 g/mol. The molecule has 1 atom stereocenters. The molecule has 1 fully saturated rings. The number of fused-ring (bicyclic) bond motifs is 1. The largest absolute Gasteiger partial charge is 0.486 e. The van der Waals surface area contributed by atoms with Gasteiger partial charge in [0.05, 0.1) is 30.2 Å². The lowest BCUT2D eigenvalue weighted by molar-refractivity contribution is -0.385. The van der Waals surface area contributed by atoms with Gasteiger partial charge in [0.15, 0.2) is 11.5 Å². The van der Waals surface area contributed by atoms with E-state index in [9.17, 15) is 14.9 Å². The molecule has 0 aliphatic carbocycles. The number of aryl methyl sites for hydroxylation is 1. The molecule has 1 saturated heterocycles. The number of amides is 1. The molecule has 1 amide bonds. The molecule has 10 nitrogen and oxygen atoms in total. The minimum atomic E-state index is -0.595. The molecule has 0 spiro atoms. The molecule has 3 heterocycles. The number of nitrogens with zero attached hydrogens (tertiary/aromatic N) is 2. The van der Waals surface area contributed by atoms with Crippen LogP contribution in [-0.2, 0) is 4.74 Å². The summed E-state index contributed by atoms with van der Waals surface area (Å²) in [4.78, 5) is 26.0. The Morgan fingerprint density at radius 3 is 2.50 bits per heavy atom. The molecule has 1 unspecified atom stereocenters. The van der Waals surface area contributed by atoms with Crippen molar-refractivity contribution in [3.63, 3.8) is 0 Å². The topological polar surface area (TPSA) is 116 Å². The number of nitrogens with one attached hydrogen (secondary N) is 1. The lowest BCUT2D eigenvalue weighted by Crippen LogP contribution is -2.43. The van der Waals surface area contributed by atoms with E-state index in [2.05, 4.69) is 10.2 Å². The van der Waals surface area contributed by atoms with Crippen LogP contribution in [0.5, 0.6) is 11.5 Å². The highest BCUT2D eigenvalue weighted by Gasteiger charge is 2.29. The maximum Gasteiger partial charge on any atom is 0.286 e. The molecule has 30 heavy (non-hydrogen) atoms. The van der Waals surface area contributed by atoms with Gasteiger partial charge >= 0.3 is 0 Å². The van der Waals surface area contributed by atoms with Gasteiger partial charge in [-0.2, -0.15) is 0 Å². The van der Waals surface area contributed by atoms with Gasteiger partial charge in [-0.15, -0.1) is 0 Å². The Morgan fingerprint density at radius 2 is 1.87 bits per heavy atom. The van der Waals surface area contributed by atoms with E-state index in [4.69, 9.17) is 18.6 Å². The molecule has 0 radical (unpaired) electrons. The summed E-state index contributed by atoms with van der Waals surface area (Å²) >= 11 is 0. The van der Waals surface area contributed by atoms with Crippen LogP contribution in [0.1, 0.15) is 27.9 Å². The van der Waals surface area contributed by atoms with Gasteiger partial charge in [-0.05, 0) is 19.1 Å². The molecular formula is C20H23N3O7. The van der Waals surface area contributed by atoms with Gasteiger partial charge < -0.3 is 23.9 Å². The first-order valence-corrected chi connectivity index (χ1v) is 9.77. The molecule has 2 aliphatic rings. The molecular weight excluding hydrogens is 394 g/mol. The highest BCUT2D eigenvalue weighted by molar-refractivity contribution is 5.99. The average molecular weight is 417 g/mol. The fourth-order valence-electron chi connectivity index (χ4n) is 3.63. The lowest BCUT2D eigenvalue weighted by Gasteiger charge is -2.33. The first-order chi connectivity index (χ1) is 14.5. The molecule has 2 aliphatic heterocycles. The summed E-state index contributed by atoms with van der Waals surface area (Å²) in [6, 6.07) is 6.15. The van der Waals surface area contributed by atoms with Gasteiger partial charge in [0, 0.05) is 25.7 Å². The first kappa shape index (κ1) is 20.2. The summed E-state index contributed by atoms with van der Waals surface area (Å²) in [5.41, 5.74) is -0.394. The first-order valence-electron chi connectivity index (χ1n) is 9.77. The van der Waals surface area contributed by atoms with E-state index in [1.165, 1.54) is 12.1 Å². The van der Waals surface area contributed by atoms with Crippen molar-refractivity contribution in [2.75, 3.05) is 46.1 Å². The molecule has 10 heteroatoms. The van der Waals surface area contributed by atoms with Crippen molar-refractivity contribution in [2.45, 2.75) is 13.0 Å². The van der Waals surface area contributed by atoms with Crippen molar-refractivity contribution in [3.05, 3.63) is 51.5 Å². The number of nitro groups is 1. The molecule has 0 bridgehead atoms. The Balaban J connectivity index is 1.55. The normalized spacial score (nSPS) is 17.4. The number of carbonyl (C=O) groups is 1. The van der Waals surface area contributed by atoms with E-state index in [-0.39, 0.29) is 29.6 Å². The molecule has 0 saturated carbocycles. The SMILES string of the molecule is Cc1ccc(C(CNC(=O)c2cc3c(cc2[N+](=O)[O-])OCCO3)N2CCOCC2)o1. The Kier molecular flexibility index (Phi) is 5.86. The van der Waals surface area contributed by atoms with Crippen LogP contribution in [0.3, 0.4) is 0 Å². The molecule has 1 N–H and O–H groups in total. The number of nitro benzene ring substituents is 1. The summed E-state index contributed by atoms with van der Waals surface area (Å²) in [5.74, 6) is 1.54. The van der Waals surface area contributed by atoms with E-state index < -0.39 is 10.8 Å². The van der Waals surface area contributed by atoms with Crippen molar-refractivity contribution >= 4 is 11.6 Å². The van der Waals surface area contributed by atoms with E-state index in [0.29, 0.717) is 45.3 Å². The minimum absolute atomic E-state index is 0.0689. The van der Waals surface area contributed by atoms with Crippen LogP contribution in [0.25, 0.3) is 0 Å². The van der Waals surface area contributed by atoms with Crippen LogP contribution in [0.4, 0.5) is 5.69 Å². The number of carbonyl (C=O) groups excluding carboxylic acids is 1. The van der Waals surface area contributed by atoms with Crippen LogP contribution in [0.15, 0.2) is 28.7 Å².